The van der Waals surface area contributed by atoms with Crippen molar-refractivity contribution < 1.29 is 24.2 Å². The lowest BCUT2D eigenvalue weighted by atomic mass is 9.78. The van der Waals surface area contributed by atoms with Crippen LogP contribution in [-0.2, 0) is 9.53 Å². The van der Waals surface area contributed by atoms with Crippen molar-refractivity contribution in [3.63, 3.8) is 0 Å². The number of nitrogens with zero attached hydrogens (tertiary/aromatic N) is 2. The Morgan fingerprint density at radius 3 is 2.47 bits per heavy atom. The van der Waals surface area contributed by atoms with Gasteiger partial charge in [-0.05, 0) is 81.1 Å². The molecule has 9 heteroatoms. The summed E-state index contributed by atoms with van der Waals surface area (Å²) >= 11 is 6.50. The molecular weight excluding hydrogens is 566 g/mol. The quantitative estimate of drug-likeness (QED) is 0.174. The lowest BCUT2D eigenvalue weighted by molar-refractivity contribution is -0.138. The van der Waals surface area contributed by atoms with Gasteiger partial charge < -0.3 is 24.8 Å². The van der Waals surface area contributed by atoms with Crippen LogP contribution in [-0.4, -0.2) is 73.9 Å². The number of rotatable bonds is 16. The second-order valence-electron chi connectivity index (χ2n) is 11.8. The van der Waals surface area contributed by atoms with E-state index in [1.54, 1.807) is 19.2 Å². The monoisotopic (exact) mass is 609 g/mol. The number of pyridine rings is 1. The van der Waals surface area contributed by atoms with Gasteiger partial charge in [0.2, 0.25) is 0 Å². The van der Waals surface area contributed by atoms with Gasteiger partial charge in [0.15, 0.2) is 0 Å². The van der Waals surface area contributed by atoms with Gasteiger partial charge in [0.05, 0.1) is 23.7 Å². The average molecular weight is 610 g/mol. The van der Waals surface area contributed by atoms with Crippen LogP contribution in [0.5, 0.6) is 5.75 Å². The summed E-state index contributed by atoms with van der Waals surface area (Å²) in [6.45, 7) is 7.91. The van der Waals surface area contributed by atoms with Crippen LogP contribution in [0.25, 0.3) is 22.4 Å². The Labute approximate surface area is 260 Å². The highest BCUT2D eigenvalue weighted by atomic mass is 35.5. The molecule has 232 valence electrons. The fourth-order valence-corrected chi connectivity index (χ4v) is 5.17. The number of halogens is 1. The van der Waals surface area contributed by atoms with E-state index in [1.807, 2.05) is 77.3 Å². The van der Waals surface area contributed by atoms with Crippen molar-refractivity contribution >= 4 is 23.5 Å². The van der Waals surface area contributed by atoms with Crippen LogP contribution in [0.4, 0.5) is 0 Å². The summed E-state index contributed by atoms with van der Waals surface area (Å²) in [6.07, 6.45) is 2.08. The number of carboxylic acids is 1. The number of ether oxygens (including phenoxy) is 2. The van der Waals surface area contributed by atoms with E-state index in [-0.39, 0.29) is 12.1 Å². The van der Waals surface area contributed by atoms with E-state index < -0.39 is 23.3 Å². The van der Waals surface area contributed by atoms with Crippen molar-refractivity contribution in [3.8, 4) is 28.1 Å². The van der Waals surface area contributed by atoms with Gasteiger partial charge in [-0.25, -0.2) is 4.98 Å². The van der Waals surface area contributed by atoms with E-state index in [9.17, 15) is 14.7 Å². The second kappa shape index (κ2) is 15.8. The Morgan fingerprint density at radius 2 is 1.79 bits per heavy atom. The first-order valence-electron chi connectivity index (χ1n) is 14.6. The van der Waals surface area contributed by atoms with Gasteiger partial charge in [-0.2, -0.15) is 0 Å². The predicted molar refractivity (Wildman–Crippen MR) is 172 cm³/mol. The molecule has 2 aromatic carbocycles. The lowest BCUT2D eigenvalue weighted by Crippen LogP contribution is -2.46. The number of carbonyl (C=O) groups is 2. The van der Waals surface area contributed by atoms with Gasteiger partial charge >= 0.3 is 5.97 Å². The molecule has 0 aliphatic carbocycles. The molecule has 1 atom stereocenters. The van der Waals surface area contributed by atoms with Crippen molar-refractivity contribution in [3.05, 3.63) is 70.9 Å². The van der Waals surface area contributed by atoms with Gasteiger partial charge in [-0.3, -0.25) is 9.59 Å². The van der Waals surface area contributed by atoms with Gasteiger partial charge in [-0.1, -0.05) is 55.8 Å². The molecule has 1 aromatic heterocycles. The number of hydrogen-bond donors (Lipinski definition) is 2. The normalized spacial score (nSPS) is 12.3. The molecule has 1 amide bonds. The van der Waals surface area contributed by atoms with Crippen LogP contribution in [0.1, 0.15) is 55.6 Å². The highest BCUT2D eigenvalue weighted by Gasteiger charge is 2.33. The molecule has 0 spiro atoms. The molecule has 0 fully saturated rings. The molecule has 2 N–H and O–H groups in total. The zero-order chi connectivity index (χ0) is 31.6. The third-order valence-electron chi connectivity index (χ3n) is 7.57. The average Bonchev–Trinajstić information content (AvgIpc) is 2.95. The number of aryl methyl sites for hydroxylation is 1. The van der Waals surface area contributed by atoms with Crippen molar-refractivity contribution in [1.29, 1.82) is 0 Å². The molecule has 43 heavy (non-hydrogen) atoms. The number of methoxy groups -OCH3 is 1. The summed E-state index contributed by atoms with van der Waals surface area (Å²) in [5, 5.41) is 13.1. The Morgan fingerprint density at radius 1 is 1.05 bits per heavy atom. The Kier molecular flexibility index (Phi) is 12.5. The van der Waals surface area contributed by atoms with Gasteiger partial charge in [-0.15, -0.1) is 0 Å². The van der Waals surface area contributed by atoms with Crippen LogP contribution < -0.4 is 10.1 Å². The molecular formula is C34H44ClN3O5. The molecule has 0 saturated heterocycles. The Balaban J connectivity index is 2.01. The molecule has 3 aromatic rings. The van der Waals surface area contributed by atoms with Crippen molar-refractivity contribution in [1.82, 2.24) is 15.2 Å². The summed E-state index contributed by atoms with van der Waals surface area (Å²) in [4.78, 5) is 32.3. The minimum atomic E-state index is -0.979. The highest BCUT2D eigenvalue weighted by molar-refractivity contribution is 6.32. The second-order valence-corrected chi connectivity index (χ2v) is 12.2. The molecule has 8 nitrogen and oxygen atoms in total. The SMILES string of the molecule is COCCCC(C)(C)[C@H](CC(=O)O)NC(=O)c1ccc(-c2ccccc2C)c(-c2ccc(Cl)c(OCCCN(C)C)c2)n1. The van der Waals surface area contributed by atoms with Gasteiger partial charge in [0, 0.05) is 37.4 Å². The third-order valence-corrected chi connectivity index (χ3v) is 7.88. The van der Waals surface area contributed by atoms with Crippen molar-refractivity contribution in [2.24, 2.45) is 5.41 Å². The number of amides is 1. The summed E-state index contributed by atoms with van der Waals surface area (Å²) < 4.78 is 11.2. The first-order valence-corrected chi connectivity index (χ1v) is 15.0. The van der Waals surface area contributed by atoms with Crippen LogP contribution in [0.3, 0.4) is 0 Å². The van der Waals surface area contributed by atoms with Crippen LogP contribution in [0.2, 0.25) is 5.02 Å². The molecule has 0 saturated carbocycles. The van der Waals surface area contributed by atoms with E-state index in [0.29, 0.717) is 36.1 Å². The maximum Gasteiger partial charge on any atom is 0.305 e. The maximum absolute atomic E-state index is 13.6. The predicted octanol–water partition coefficient (Wildman–Crippen LogP) is 6.73. The number of aliphatic carboxylic acids is 1. The first kappa shape index (κ1) is 34.0. The zero-order valence-electron chi connectivity index (χ0n) is 26.1. The minimum Gasteiger partial charge on any atom is -0.492 e. The Bertz CT molecular complexity index is 1390. The van der Waals surface area contributed by atoms with E-state index in [1.165, 1.54) is 0 Å². The largest absolute Gasteiger partial charge is 0.492 e. The van der Waals surface area contributed by atoms with Crippen LogP contribution in [0, 0.1) is 12.3 Å². The number of nitrogens with one attached hydrogen (secondary N) is 1. The number of carbonyl (C=O) groups excluding carboxylic acids is 1. The number of aromatic nitrogens is 1. The minimum absolute atomic E-state index is 0.193. The first-order chi connectivity index (χ1) is 20.4. The summed E-state index contributed by atoms with van der Waals surface area (Å²) in [5.41, 5.74) is 3.98. The number of carboxylic acid groups (broad SMARTS) is 1. The van der Waals surface area contributed by atoms with Crippen LogP contribution in [0.15, 0.2) is 54.6 Å². The number of hydrogen-bond acceptors (Lipinski definition) is 6. The Hall–Kier alpha value is -3.46. The van der Waals surface area contributed by atoms with Crippen LogP contribution >= 0.6 is 11.6 Å². The van der Waals surface area contributed by atoms with Gasteiger partial charge in [0.1, 0.15) is 11.4 Å². The topological polar surface area (TPSA) is 101 Å². The van der Waals surface area contributed by atoms with Crippen molar-refractivity contribution in [2.75, 3.05) is 41.0 Å². The maximum atomic E-state index is 13.6. The van der Waals surface area contributed by atoms with E-state index in [0.717, 1.165) is 41.6 Å². The number of benzene rings is 2. The van der Waals surface area contributed by atoms with Gasteiger partial charge in [0.25, 0.3) is 5.91 Å². The standard InChI is InChI=1S/C34H44ClN3O5/c1-23-11-7-8-12-25(23)26-14-16-28(33(41)37-30(22-31(39)40)34(2,3)17-9-19-42-6)36-32(26)24-13-15-27(35)29(21-24)43-20-10-18-38(4)5/h7-8,11-16,21,30H,9-10,17-20,22H2,1-6H3,(H,37,41)(H,39,40)/t30-/m0/s1. The third kappa shape index (κ3) is 9.78. The summed E-state index contributed by atoms with van der Waals surface area (Å²) in [6, 6.07) is 16.5. The molecule has 0 unspecified atom stereocenters. The van der Waals surface area contributed by atoms with E-state index in [4.69, 9.17) is 26.1 Å². The fraction of sp³-hybridized carbons (Fsp3) is 0.441. The zero-order valence-corrected chi connectivity index (χ0v) is 26.8. The molecule has 0 aliphatic rings. The summed E-state index contributed by atoms with van der Waals surface area (Å²) in [5.74, 6) is -0.865. The van der Waals surface area contributed by atoms with E-state index >= 15 is 0 Å². The van der Waals surface area contributed by atoms with E-state index in [2.05, 4.69) is 10.2 Å². The lowest BCUT2D eigenvalue weighted by Gasteiger charge is -2.34. The summed E-state index contributed by atoms with van der Waals surface area (Å²) in [7, 11) is 5.66. The molecule has 1 heterocycles. The molecule has 3 rings (SSSR count). The van der Waals surface area contributed by atoms with Crippen molar-refractivity contribution in [2.45, 2.75) is 52.5 Å². The smallest absolute Gasteiger partial charge is 0.305 e. The molecule has 0 radical (unpaired) electrons. The molecule has 0 aliphatic heterocycles. The fourth-order valence-electron chi connectivity index (χ4n) is 5.00. The molecule has 0 bridgehead atoms. The highest BCUT2D eigenvalue weighted by Crippen LogP contribution is 2.37.